The van der Waals surface area contributed by atoms with Crippen LogP contribution in [0.15, 0.2) is 121 Å². The monoisotopic (exact) mass is 695 g/mol. The van der Waals surface area contributed by atoms with E-state index in [-0.39, 0.29) is 27.3 Å². The molecule has 0 aromatic heterocycles. The van der Waals surface area contributed by atoms with Crippen molar-refractivity contribution in [2.45, 2.75) is 0 Å². The summed E-state index contributed by atoms with van der Waals surface area (Å²) in [7, 11) is 4.20. The molecule has 0 bridgehead atoms. The molecule has 10 rings (SSSR count). The maximum Gasteiger partial charge on any atom is 0.278 e. The van der Waals surface area contributed by atoms with Crippen LogP contribution in [0.2, 0.25) is 0 Å². The standard InChI is InChI=1S/C40H28BN5.Pd/c1-42-25-44(39-17-9-7-15-37(39)42)27-19-21-29-31-11-3-5-13-35(31)46-36-14-6-4-12-32(36)30-22-20-28(24-34(30)41(46)33(29)23-27)45-26-43(2)38-16-8-10-18-40(38)45;/h3-22,25-26H,1-2H3;/q-4;. The Balaban J connectivity index is 0.00000302. The van der Waals surface area contributed by atoms with Gasteiger partial charge in [-0.3, -0.25) is 0 Å². The molecule has 4 heterocycles. The SMILES string of the molecule is CN1[CH-]N(c2[c-]c3c(cc2)-c2ccccc2N2B3c3[c-]c(N4[CH-]N(C)c5ccccc54)ccc3-c3ccccc32)c2ccccc21.[Pd]. The normalized spacial score (nSPS) is 14.9. The molecule has 0 spiro atoms. The quantitative estimate of drug-likeness (QED) is 0.137. The number of para-hydroxylation sites is 6. The first kappa shape index (κ1) is 28.3. The first-order valence-electron chi connectivity index (χ1n) is 15.7. The molecule has 6 aromatic carbocycles. The minimum atomic E-state index is -0.110. The van der Waals surface area contributed by atoms with Crippen molar-refractivity contribution in [3.63, 3.8) is 0 Å². The maximum absolute atomic E-state index is 3.97. The van der Waals surface area contributed by atoms with E-state index in [9.17, 15) is 0 Å². The van der Waals surface area contributed by atoms with Crippen LogP contribution in [0.25, 0.3) is 22.3 Å². The van der Waals surface area contributed by atoms with E-state index < -0.39 is 0 Å². The topological polar surface area (TPSA) is 16.2 Å². The van der Waals surface area contributed by atoms with Crippen molar-refractivity contribution in [3.05, 3.63) is 147 Å². The first-order valence-corrected chi connectivity index (χ1v) is 15.7. The van der Waals surface area contributed by atoms with Crippen molar-refractivity contribution in [2.24, 2.45) is 0 Å². The van der Waals surface area contributed by atoms with Crippen LogP contribution in [0.1, 0.15) is 0 Å². The second kappa shape index (κ2) is 10.5. The Hall–Kier alpha value is -4.95. The summed E-state index contributed by atoms with van der Waals surface area (Å²) in [6.07, 6.45) is 0. The Morgan fingerprint density at radius 2 is 0.830 bits per heavy atom. The van der Waals surface area contributed by atoms with Gasteiger partial charge in [0.25, 0.3) is 6.85 Å². The number of nitrogens with zero attached hydrogens (tertiary/aromatic N) is 5. The molecule has 0 radical (unpaired) electrons. The summed E-state index contributed by atoms with van der Waals surface area (Å²) in [5.74, 6) is 0. The third-order valence-corrected chi connectivity index (χ3v) is 9.77. The molecular formula is C40H28BN5Pd-4. The summed E-state index contributed by atoms with van der Waals surface area (Å²) in [6.45, 7) is 4.20. The molecule has 7 heteroatoms. The molecule has 0 unspecified atom stereocenters. The van der Waals surface area contributed by atoms with Crippen molar-refractivity contribution in [3.8, 4) is 22.3 Å². The van der Waals surface area contributed by atoms with Crippen LogP contribution < -0.4 is 35.3 Å². The predicted octanol–water partition coefficient (Wildman–Crippen LogP) is 7.60. The molecular weight excluding hydrogens is 668 g/mol. The number of anilines is 8. The molecule has 0 saturated heterocycles. The van der Waals surface area contributed by atoms with Gasteiger partial charge in [-0.1, -0.05) is 71.8 Å². The van der Waals surface area contributed by atoms with Crippen LogP contribution in [0.3, 0.4) is 0 Å². The zero-order valence-corrected chi connectivity index (χ0v) is 27.4. The largest absolute Gasteiger partial charge is 0.504 e. The molecule has 0 amide bonds. The molecule has 0 saturated carbocycles. The van der Waals surface area contributed by atoms with E-state index in [4.69, 9.17) is 0 Å². The van der Waals surface area contributed by atoms with Crippen molar-refractivity contribution >= 4 is 63.3 Å². The van der Waals surface area contributed by atoms with Gasteiger partial charge in [0.1, 0.15) is 0 Å². The molecule has 0 aliphatic carbocycles. The van der Waals surface area contributed by atoms with Crippen molar-refractivity contribution in [1.29, 1.82) is 0 Å². The summed E-state index contributed by atoms with van der Waals surface area (Å²) in [5, 5.41) is 0. The van der Waals surface area contributed by atoms with E-state index in [1.54, 1.807) is 0 Å². The zero-order chi connectivity index (χ0) is 30.5. The number of benzene rings is 6. The molecule has 47 heavy (non-hydrogen) atoms. The Bertz CT molecular complexity index is 2060. The van der Waals surface area contributed by atoms with Gasteiger partial charge < -0.3 is 24.4 Å². The Labute approximate surface area is 290 Å². The number of hydrogen-bond acceptors (Lipinski definition) is 5. The number of fused-ring (bicyclic) bond motifs is 13. The predicted molar refractivity (Wildman–Crippen MR) is 191 cm³/mol. The average Bonchev–Trinajstić information content (AvgIpc) is 3.64. The molecule has 230 valence electrons. The van der Waals surface area contributed by atoms with Gasteiger partial charge in [-0.05, 0) is 50.5 Å². The Morgan fingerprint density at radius 3 is 1.28 bits per heavy atom. The zero-order valence-electron chi connectivity index (χ0n) is 25.8. The van der Waals surface area contributed by atoms with Gasteiger partial charge >= 0.3 is 0 Å². The second-order valence-corrected chi connectivity index (χ2v) is 12.3. The van der Waals surface area contributed by atoms with E-state index >= 15 is 0 Å². The van der Waals surface area contributed by atoms with Crippen LogP contribution in [-0.2, 0) is 20.4 Å². The minimum absolute atomic E-state index is 0. The van der Waals surface area contributed by atoms with E-state index in [2.05, 4.69) is 185 Å². The number of rotatable bonds is 2. The van der Waals surface area contributed by atoms with Crippen molar-refractivity contribution < 1.29 is 20.4 Å². The van der Waals surface area contributed by atoms with E-state index in [0.717, 1.165) is 33.7 Å². The second-order valence-electron chi connectivity index (χ2n) is 12.3. The van der Waals surface area contributed by atoms with Crippen molar-refractivity contribution in [1.82, 2.24) is 0 Å². The van der Waals surface area contributed by atoms with Gasteiger partial charge in [-0.25, -0.2) is 0 Å². The smallest absolute Gasteiger partial charge is 0.278 e. The van der Waals surface area contributed by atoms with E-state index in [1.807, 2.05) is 0 Å². The van der Waals surface area contributed by atoms with Gasteiger partial charge in [0, 0.05) is 54.5 Å². The Morgan fingerprint density at radius 1 is 0.447 bits per heavy atom. The molecule has 4 aliphatic heterocycles. The van der Waals surface area contributed by atoms with Gasteiger partial charge in [-0.2, -0.15) is 48.5 Å². The summed E-state index contributed by atoms with van der Waals surface area (Å²) < 4.78 is 0. The average molecular weight is 696 g/mol. The van der Waals surface area contributed by atoms with Crippen LogP contribution >= 0.6 is 0 Å². The van der Waals surface area contributed by atoms with Gasteiger partial charge in [-0.15, -0.1) is 34.6 Å². The van der Waals surface area contributed by atoms with Gasteiger partial charge in [0.05, 0.1) is 0 Å². The molecule has 6 aromatic rings. The fraction of sp³-hybridized carbons (Fsp3) is 0.0500. The maximum atomic E-state index is 3.97. The van der Waals surface area contributed by atoms with Crippen molar-refractivity contribution in [2.75, 3.05) is 38.5 Å². The first-order chi connectivity index (χ1) is 22.7. The summed E-state index contributed by atoms with van der Waals surface area (Å²) in [6, 6.07) is 51.6. The van der Waals surface area contributed by atoms with E-state index in [0.29, 0.717) is 0 Å². The third-order valence-electron chi connectivity index (χ3n) is 9.77. The summed E-state index contributed by atoms with van der Waals surface area (Å²) in [4.78, 5) is 11.4. The Kier molecular flexibility index (Phi) is 6.34. The molecule has 0 fully saturated rings. The van der Waals surface area contributed by atoms with Crippen LogP contribution in [-0.4, -0.2) is 20.9 Å². The van der Waals surface area contributed by atoms with Gasteiger partial charge in [0.2, 0.25) is 0 Å². The molecule has 0 atom stereocenters. The van der Waals surface area contributed by atoms with E-state index in [1.165, 1.54) is 45.0 Å². The summed E-state index contributed by atoms with van der Waals surface area (Å²) in [5.41, 5.74) is 16.3. The third kappa shape index (κ3) is 4.00. The van der Waals surface area contributed by atoms with Crippen LogP contribution in [0.5, 0.6) is 0 Å². The number of hydrogen-bond donors (Lipinski definition) is 0. The van der Waals surface area contributed by atoms with Gasteiger partial charge in [0.15, 0.2) is 0 Å². The molecule has 4 aliphatic rings. The molecule has 5 nitrogen and oxygen atoms in total. The summed E-state index contributed by atoms with van der Waals surface area (Å²) >= 11 is 0. The van der Waals surface area contributed by atoms with Crippen LogP contribution in [0.4, 0.5) is 45.5 Å². The fourth-order valence-corrected chi connectivity index (χ4v) is 7.72. The molecule has 0 N–H and O–H groups in total. The minimum Gasteiger partial charge on any atom is -0.504 e. The fourth-order valence-electron chi connectivity index (χ4n) is 7.72. The van der Waals surface area contributed by atoms with Crippen LogP contribution in [0, 0.1) is 25.5 Å².